The molecule has 0 atom stereocenters. The van der Waals surface area contributed by atoms with Gasteiger partial charge in [0.05, 0.1) is 32.3 Å². The van der Waals surface area contributed by atoms with Gasteiger partial charge in [-0.1, -0.05) is 13.5 Å². The van der Waals surface area contributed by atoms with Gasteiger partial charge in [-0.25, -0.2) is 0 Å². The van der Waals surface area contributed by atoms with E-state index in [2.05, 4.69) is 23.8 Å². The summed E-state index contributed by atoms with van der Waals surface area (Å²) in [6, 6.07) is 5.51. The number of piperidine rings is 1. The summed E-state index contributed by atoms with van der Waals surface area (Å²) in [5.41, 5.74) is 3.68. The van der Waals surface area contributed by atoms with Crippen LogP contribution in [0.25, 0.3) is 10.9 Å². The second kappa shape index (κ2) is 13.5. The van der Waals surface area contributed by atoms with Crippen LogP contribution < -0.4 is 19.5 Å². The van der Waals surface area contributed by atoms with E-state index < -0.39 is 0 Å². The first-order valence-electron chi connectivity index (χ1n) is 13.4. The molecule has 1 saturated heterocycles. The van der Waals surface area contributed by atoms with E-state index in [4.69, 9.17) is 18.9 Å². The average Bonchev–Trinajstić information content (AvgIpc) is 2.92. The molecule has 0 radical (unpaired) electrons. The molecule has 1 fully saturated rings. The van der Waals surface area contributed by atoms with Crippen molar-refractivity contribution in [3.05, 3.63) is 59.7 Å². The molecule has 1 aromatic carbocycles. The van der Waals surface area contributed by atoms with E-state index in [9.17, 15) is 4.79 Å². The zero-order valence-corrected chi connectivity index (χ0v) is 24.5. The zero-order chi connectivity index (χ0) is 28.6. The fraction of sp³-hybridized carbons (Fsp3) is 0.484. The van der Waals surface area contributed by atoms with Gasteiger partial charge in [0.2, 0.25) is 5.91 Å². The molecule has 1 aliphatic rings. The number of carbonyl (C=O) groups excluding carboxylic acids is 1. The fourth-order valence-electron chi connectivity index (χ4n) is 4.59. The summed E-state index contributed by atoms with van der Waals surface area (Å²) < 4.78 is 23.2. The standard InChI is InChI=1S/C31H43N3O5/c1-21(17-22(2)32-6)23(3)24(4)39-27-9-13-33-26-19-29(28(37-8)18-25(26)27)38-16-10-30(35)34-14-11-31(5,12-15-34)20-36-7/h9,13,17-19,32H,1,10-12,14-16,20H2,2-8H3/b22-17-,24-23+. The lowest BCUT2D eigenvalue weighted by molar-refractivity contribution is -0.134. The SMILES string of the molecule is C=C(/C=C(/C)NC)/C(C)=C(\C)Oc1ccnc2cc(OCCC(=O)N3CCC(C)(COC)CC3)c(OC)cc12. The number of amides is 1. The van der Waals surface area contributed by atoms with Gasteiger partial charge in [0.15, 0.2) is 11.5 Å². The number of nitrogens with one attached hydrogen (secondary N) is 1. The van der Waals surface area contributed by atoms with Crippen molar-refractivity contribution in [3.63, 3.8) is 0 Å². The van der Waals surface area contributed by atoms with Crippen molar-refractivity contribution in [2.75, 3.05) is 47.6 Å². The van der Waals surface area contributed by atoms with Crippen molar-refractivity contribution in [2.45, 2.75) is 47.0 Å². The predicted octanol–water partition coefficient (Wildman–Crippen LogP) is 5.64. The molecular weight excluding hydrogens is 494 g/mol. The molecule has 1 N–H and O–H groups in total. The van der Waals surface area contributed by atoms with Crippen LogP contribution in [0.5, 0.6) is 17.2 Å². The molecular formula is C31H43N3O5. The van der Waals surface area contributed by atoms with Crippen LogP contribution in [0.15, 0.2) is 59.7 Å². The Kier molecular flexibility index (Phi) is 10.4. The molecule has 8 nitrogen and oxygen atoms in total. The van der Waals surface area contributed by atoms with Crippen LogP contribution in [0, 0.1) is 5.41 Å². The number of nitrogens with zero attached hydrogens (tertiary/aromatic N) is 2. The fourth-order valence-corrected chi connectivity index (χ4v) is 4.59. The van der Waals surface area contributed by atoms with Crippen molar-refractivity contribution in [3.8, 4) is 17.2 Å². The van der Waals surface area contributed by atoms with Gasteiger partial charge in [-0.3, -0.25) is 9.78 Å². The maximum atomic E-state index is 12.8. The number of carbonyl (C=O) groups is 1. The molecule has 2 heterocycles. The van der Waals surface area contributed by atoms with E-state index in [1.165, 1.54) is 0 Å². The topological polar surface area (TPSA) is 82.2 Å². The minimum absolute atomic E-state index is 0.0991. The highest BCUT2D eigenvalue weighted by Crippen LogP contribution is 2.37. The van der Waals surface area contributed by atoms with Gasteiger partial charge >= 0.3 is 0 Å². The number of pyridine rings is 1. The van der Waals surface area contributed by atoms with E-state index in [1.54, 1.807) is 20.4 Å². The van der Waals surface area contributed by atoms with Crippen LogP contribution in [-0.4, -0.2) is 63.4 Å². The summed E-state index contributed by atoms with van der Waals surface area (Å²) in [7, 11) is 5.20. The van der Waals surface area contributed by atoms with Gasteiger partial charge in [0.1, 0.15) is 11.5 Å². The number of ether oxygens (including phenoxy) is 4. The molecule has 0 spiro atoms. The van der Waals surface area contributed by atoms with Gasteiger partial charge < -0.3 is 29.2 Å². The zero-order valence-electron chi connectivity index (χ0n) is 24.5. The lowest BCUT2D eigenvalue weighted by Crippen LogP contribution is -2.44. The Morgan fingerprint density at radius 2 is 1.87 bits per heavy atom. The predicted molar refractivity (Wildman–Crippen MR) is 155 cm³/mol. The molecule has 1 aliphatic heterocycles. The number of aromatic nitrogens is 1. The molecule has 2 aromatic rings. The third-order valence-corrected chi connectivity index (χ3v) is 7.43. The van der Waals surface area contributed by atoms with Crippen molar-refractivity contribution >= 4 is 16.8 Å². The van der Waals surface area contributed by atoms with Gasteiger partial charge in [0, 0.05) is 50.6 Å². The van der Waals surface area contributed by atoms with Gasteiger partial charge in [-0.2, -0.15) is 0 Å². The largest absolute Gasteiger partial charge is 0.493 e. The Morgan fingerprint density at radius 1 is 1.15 bits per heavy atom. The molecule has 0 aliphatic carbocycles. The average molecular weight is 538 g/mol. The molecule has 8 heteroatoms. The monoisotopic (exact) mass is 537 g/mol. The molecule has 212 valence electrons. The number of hydrogen-bond acceptors (Lipinski definition) is 7. The normalized spacial score (nSPS) is 16.0. The first kappa shape index (κ1) is 30.0. The molecule has 1 amide bonds. The first-order chi connectivity index (χ1) is 18.6. The second-order valence-electron chi connectivity index (χ2n) is 10.4. The van der Waals surface area contributed by atoms with Crippen molar-refractivity contribution in [1.29, 1.82) is 0 Å². The highest BCUT2D eigenvalue weighted by molar-refractivity contribution is 5.88. The quantitative estimate of drug-likeness (QED) is 0.277. The minimum Gasteiger partial charge on any atom is -0.493 e. The third kappa shape index (κ3) is 7.76. The Morgan fingerprint density at radius 3 is 2.51 bits per heavy atom. The van der Waals surface area contributed by atoms with Crippen molar-refractivity contribution < 1.29 is 23.7 Å². The maximum Gasteiger partial charge on any atom is 0.225 e. The summed E-state index contributed by atoms with van der Waals surface area (Å²) in [6.45, 7) is 14.7. The number of methoxy groups -OCH3 is 2. The smallest absolute Gasteiger partial charge is 0.225 e. The number of rotatable bonds is 12. The number of benzene rings is 1. The number of fused-ring (bicyclic) bond motifs is 1. The van der Waals surface area contributed by atoms with E-state index >= 15 is 0 Å². The Hall–Kier alpha value is -3.52. The molecule has 39 heavy (non-hydrogen) atoms. The van der Waals surface area contributed by atoms with Crippen molar-refractivity contribution in [1.82, 2.24) is 15.2 Å². The number of likely N-dealkylation sites (tertiary alicyclic amines) is 1. The van der Waals surface area contributed by atoms with E-state index in [0.29, 0.717) is 29.2 Å². The summed E-state index contributed by atoms with van der Waals surface area (Å²) in [5, 5.41) is 3.90. The van der Waals surface area contributed by atoms with Gasteiger partial charge in [0.25, 0.3) is 0 Å². The number of allylic oxidation sites excluding steroid dienone is 5. The lowest BCUT2D eigenvalue weighted by Gasteiger charge is -2.39. The highest BCUT2D eigenvalue weighted by Gasteiger charge is 2.31. The summed E-state index contributed by atoms with van der Waals surface area (Å²) >= 11 is 0. The first-order valence-corrected chi connectivity index (χ1v) is 13.4. The van der Waals surface area contributed by atoms with Crippen LogP contribution in [0.3, 0.4) is 0 Å². The van der Waals surface area contributed by atoms with Crippen LogP contribution >= 0.6 is 0 Å². The Balaban J connectivity index is 1.69. The van der Waals surface area contributed by atoms with Gasteiger partial charge in [-0.15, -0.1) is 0 Å². The van der Waals surface area contributed by atoms with E-state index in [1.807, 2.05) is 57.0 Å². The number of hydrogen-bond donors (Lipinski definition) is 1. The van der Waals surface area contributed by atoms with Gasteiger partial charge in [-0.05, 0) is 68.4 Å². The van der Waals surface area contributed by atoms with Crippen molar-refractivity contribution in [2.24, 2.45) is 5.41 Å². The van der Waals surface area contributed by atoms with E-state index in [-0.39, 0.29) is 17.9 Å². The summed E-state index contributed by atoms with van der Waals surface area (Å²) in [5.74, 6) is 2.59. The Bertz CT molecular complexity index is 1240. The molecule has 0 unspecified atom stereocenters. The molecule has 0 bridgehead atoms. The second-order valence-corrected chi connectivity index (χ2v) is 10.4. The lowest BCUT2D eigenvalue weighted by atomic mass is 9.81. The van der Waals surface area contributed by atoms with Crippen LogP contribution in [0.4, 0.5) is 0 Å². The van der Waals surface area contributed by atoms with E-state index in [0.717, 1.165) is 60.5 Å². The molecule has 0 saturated carbocycles. The van der Waals surface area contributed by atoms with Crippen LogP contribution in [0.1, 0.15) is 47.0 Å². The molecule has 3 rings (SSSR count). The third-order valence-electron chi connectivity index (χ3n) is 7.43. The highest BCUT2D eigenvalue weighted by atomic mass is 16.5. The van der Waals surface area contributed by atoms with Crippen LogP contribution in [-0.2, 0) is 9.53 Å². The minimum atomic E-state index is 0.0991. The molecule has 1 aromatic heterocycles. The maximum absolute atomic E-state index is 12.8. The summed E-state index contributed by atoms with van der Waals surface area (Å²) in [6.07, 6.45) is 5.86. The van der Waals surface area contributed by atoms with Crippen LogP contribution in [0.2, 0.25) is 0 Å². The Labute approximate surface area is 232 Å². The summed E-state index contributed by atoms with van der Waals surface area (Å²) in [4.78, 5) is 19.2.